The van der Waals surface area contributed by atoms with Crippen molar-refractivity contribution in [3.05, 3.63) is 53.7 Å². The smallest absolute Gasteiger partial charge is 0.349 e. The number of amides is 2. The molecule has 0 saturated heterocycles. The molecule has 9 heteroatoms. The summed E-state index contributed by atoms with van der Waals surface area (Å²) in [5.41, 5.74) is -3.54. The van der Waals surface area contributed by atoms with E-state index in [4.69, 9.17) is 0 Å². The Bertz CT molecular complexity index is 793. The predicted molar refractivity (Wildman–Crippen MR) is 92.9 cm³/mol. The van der Waals surface area contributed by atoms with Crippen LogP contribution in [0.4, 0.5) is 18.9 Å². The SMILES string of the molecule is CN(C)C(=O)Cc1ccc(NC(=O)c2cccnc2SC(F)(F)F)cc1. The molecule has 1 heterocycles. The molecular weight excluding hydrogens is 367 g/mol. The Morgan fingerprint density at radius 2 is 1.81 bits per heavy atom. The molecule has 138 valence electrons. The molecule has 0 aliphatic heterocycles. The number of anilines is 1. The lowest BCUT2D eigenvalue weighted by atomic mass is 10.1. The van der Waals surface area contributed by atoms with E-state index in [-0.39, 0.29) is 17.9 Å². The molecule has 2 amide bonds. The van der Waals surface area contributed by atoms with Gasteiger partial charge in [-0.05, 0) is 29.8 Å². The van der Waals surface area contributed by atoms with Crippen LogP contribution in [0.1, 0.15) is 15.9 Å². The highest BCUT2D eigenvalue weighted by Gasteiger charge is 2.32. The summed E-state index contributed by atoms with van der Waals surface area (Å²) in [5.74, 6) is -0.757. The molecule has 0 radical (unpaired) electrons. The molecule has 0 fully saturated rings. The minimum Gasteiger partial charge on any atom is -0.349 e. The molecule has 0 unspecified atom stereocenters. The Hall–Kier alpha value is -2.55. The van der Waals surface area contributed by atoms with E-state index in [1.807, 2.05) is 0 Å². The van der Waals surface area contributed by atoms with Gasteiger partial charge in [-0.3, -0.25) is 9.59 Å². The van der Waals surface area contributed by atoms with Crippen LogP contribution < -0.4 is 5.32 Å². The number of rotatable bonds is 5. The fourth-order valence-corrected chi connectivity index (χ4v) is 2.60. The number of halogens is 3. The minimum atomic E-state index is -4.54. The van der Waals surface area contributed by atoms with Gasteiger partial charge in [0.2, 0.25) is 5.91 Å². The van der Waals surface area contributed by atoms with E-state index in [9.17, 15) is 22.8 Å². The fourth-order valence-electron chi connectivity index (χ4n) is 1.99. The van der Waals surface area contributed by atoms with Gasteiger partial charge in [0.05, 0.1) is 12.0 Å². The molecule has 0 aliphatic rings. The molecule has 1 aromatic heterocycles. The molecule has 0 saturated carbocycles. The highest BCUT2D eigenvalue weighted by Crippen LogP contribution is 2.37. The van der Waals surface area contributed by atoms with Crippen molar-refractivity contribution in [1.82, 2.24) is 9.88 Å². The average Bonchev–Trinajstić information content (AvgIpc) is 2.55. The molecule has 0 spiro atoms. The van der Waals surface area contributed by atoms with E-state index in [1.54, 1.807) is 38.4 Å². The Morgan fingerprint density at radius 1 is 1.15 bits per heavy atom. The zero-order chi connectivity index (χ0) is 19.3. The maximum Gasteiger partial charge on any atom is 0.447 e. The van der Waals surface area contributed by atoms with Gasteiger partial charge >= 0.3 is 5.51 Å². The monoisotopic (exact) mass is 383 g/mol. The Morgan fingerprint density at radius 3 is 2.38 bits per heavy atom. The van der Waals surface area contributed by atoms with Crippen molar-refractivity contribution in [2.45, 2.75) is 17.0 Å². The summed E-state index contributed by atoms with van der Waals surface area (Å²) >= 11 is -0.436. The van der Waals surface area contributed by atoms with Crippen molar-refractivity contribution in [2.24, 2.45) is 0 Å². The van der Waals surface area contributed by atoms with Crippen LogP contribution in [-0.2, 0) is 11.2 Å². The maximum atomic E-state index is 12.6. The number of hydrogen-bond acceptors (Lipinski definition) is 4. The molecule has 0 aliphatic carbocycles. The van der Waals surface area contributed by atoms with Crippen molar-refractivity contribution >= 4 is 29.3 Å². The topological polar surface area (TPSA) is 62.3 Å². The number of nitrogens with zero attached hydrogens (tertiary/aromatic N) is 2. The lowest BCUT2D eigenvalue weighted by molar-refractivity contribution is -0.127. The predicted octanol–water partition coefficient (Wildman–Crippen LogP) is 3.58. The van der Waals surface area contributed by atoms with E-state index in [1.165, 1.54) is 23.2 Å². The molecule has 2 aromatic rings. The standard InChI is InChI=1S/C17H16F3N3O2S/c1-23(2)14(24)10-11-5-7-12(8-6-11)22-15(25)13-4-3-9-21-16(13)26-17(18,19)20/h3-9H,10H2,1-2H3,(H,22,25). The van der Waals surface area contributed by atoms with Crippen molar-refractivity contribution in [2.75, 3.05) is 19.4 Å². The van der Waals surface area contributed by atoms with Crippen LogP contribution in [0.5, 0.6) is 0 Å². The molecule has 0 bridgehead atoms. The van der Waals surface area contributed by atoms with Gasteiger partial charge < -0.3 is 10.2 Å². The fraction of sp³-hybridized carbons (Fsp3) is 0.235. The van der Waals surface area contributed by atoms with Crippen LogP contribution in [0.2, 0.25) is 0 Å². The average molecular weight is 383 g/mol. The Kier molecular flexibility index (Phi) is 6.25. The van der Waals surface area contributed by atoms with Crippen LogP contribution >= 0.6 is 11.8 Å². The second-order valence-corrected chi connectivity index (χ2v) is 6.57. The third-order valence-electron chi connectivity index (χ3n) is 3.29. The first-order chi connectivity index (χ1) is 12.2. The molecule has 2 rings (SSSR count). The number of pyridine rings is 1. The first-order valence-corrected chi connectivity index (χ1v) is 8.28. The zero-order valence-corrected chi connectivity index (χ0v) is 14.8. The highest BCUT2D eigenvalue weighted by molar-refractivity contribution is 8.00. The summed E-state index contributed by atoms with van der Waals surface area (Å²) in [4.78, 5) is 29.0. The summed E-state index contributed by atoms with van der Waals surface area (Å²) in [5, 5.41) is 2.12. The number of likely N-dealkylation sites (N-methyl/N-ethyl adjacent to an activating group) is 1. The normalized spacial score (nSPS) is 11.1. The van der Waals surface area contributed by atoms with Crippen molar-refractivity contribution in [3.8, 4) is 0 Å². The first-order valence-electron chi connectivity index (χ1n) is 7.47. The summed E-state index contributed by atoms with van der Waals surface area (Å²) in [6, 6.07) is 9.19. The molecule has 26 heavy (non-hydrogen) atoms. The van der Waals surface area contributed by atoms with Crippen LogP contribution in [0.15, 0.2) is 47.6 Å². The van der Waals surface area contributed by atoms with E-state index >= 15 is 0 Å². The van der Waals surface area contributed by atoms with Gasteiger partial charge in [0.1, 0.15) is 5.03 Å². The van der Waals surface area contributed by atoms with Gasteiger partial charge in [-0.2, -0.15) is 13.2 Å². The van der Waals surface area contributed by atoms with Crippen LogP contribution in [0.25, 0.3) is 0 Å². The second kappa shape index (κ2) is 8.22. The lowest BCUT2D eigenvalue weighted by Crippen LogP contribution is -2.23. The van der Waals surface area contributed by atoms with Crippen LogP contribution in [-0.4, -0.2) is 41.3 Å². The van der Waals surface area contributed by atoms with Crippen LogP contribution in [0.3, 0.4) is 0 Å². The summed E-state index contributed by atoms with van der Waals surface area (Å²) in [7, 11) is 3.31. The van der Waals surface area contributed by atoms with E-state index in [2.05, 4.69) is 10.3 Å². The number of thioether (sulfide) groups is 1. The molecule has 5 nitrogen and oxygen atoms in total. The number of carbonyl (C=O) groups excluding carboxylic acids is 2. The van der Waals surface area contributed by atoms with Crippen LogP contribution in [0, 0.1) is 0 Å². The first kappa shape index (κ1) is 19.8. The zero-order valence-electron chi connectivity index (χ0n) is 14.0. The van der Waals surface area contributed by atoms with E-state index in [0.29, 0.717) is 5.69 Å². The largest absolute Gasteiger partial charge is 0.447 e. The minimum absolute atomic E-state index is 0.0639. The summed E-state index contributed by atoms with van der Waals surface area (Å²) in [6.07, 6.45) is 1.41. The van der Waals surface area contributed by atoms with Crippen molar-refractivity contribution in [1.29, 1.82) is 0 Å². The number of alkyl halides is 3. The highest BCUT2D eigenvalue weighted by atomic mass is 32.2. The molecule has 0 atom stereocenters. The number of aromatic nitrogens is 1. The molecule has 1 N–H and O–H groups in total. The van der Waals surface area contributed by atoms with Gasteiger partial charge in [-0.25, -0.2) is 4.98 Å². The summed E-state index contributed by atoms with van der Waals surface area (Å²) in [6.45, 7) is 0. The number of nitrogens with one attached hydrogen (secondary N) is 1. The third kappa shape index (κ3) is 5.76. The van der Waals surface area contributed by atoms with Gasteiger partial charge in [-0.1, -0.05) is 12.1 Å². The maximum absolute atomic E-state index is 12.6. The van der Waals surface area contributed by atoms with Gasteiger partial charge in [0.15, 0.2) is 0 Å². The Labute approximate surface area is 152 Å². The molecular formula is C17H16F3N3O2S. The van der Waals surface area contributed by atoms with E-state index in [0.717, 1.165) is 5.56 Å². The van der Waals surface area contributed by atoms with E-state index < -0.39 is 28.2 Å². The van der Waals surface area contributed by atoms with Gasteiger partial charge in [-0.15, -0.1) is 0 Å². The second-order valence-electron chi connectivity index (χ2n) is 5.52. The lowest BCUT2D eigenvalue weighted by Gasteiger charge is -2.12. The van der Waals surface area contributed by atoms with Gasteiger partial charge in [0.25, 0.3) is 5.91 Å². The Balaban J connectivity index is 2.10. The molecule has 1 aromatic carbocycles. The summed E-state index contributed by atoms with van der Waals surface area (Å²) < 4.78 is 37.7. The number of benzene rings is 1. The third-order valence-corrected chi connectivity index (χ3v) is 4.04. The van der Waals surface area contributed by atoms with Crippen molar-refractivity contribution in [3.63, 3.8) is 0 Å². The number of carbonyl (C=O) groups is 2. The quantitative estimate of drug-likeness (QED) is 0.802. The number of hydrogen-bond donors (Lipinski definition) is 1. The van der Waals surface area contributed by atoms with Crippen molar-refractivity contribution < 1.29 is 22.8 Å². The van der Waals surface area contributed by atoms with Gasteiger partial charge in [0, 0.05) is 37.7 Å².